The van der Waals surface area contributed by atoms with Crippen molar-refractivity contribution in [1.82, 2.24) is 9.59 Å². The molecule has 0 aliphatic rings. The van der Waals surface area contributed by atoms with Gasteiger partial charge in [0, 0.05) is 21.4 Å². The van der Waals surface area contributed by atoms with Gasteiger partial charge in [0.05, 0.1) is 4.70 Å². The summed E-state index contributed by atoms with van der Waals surface area (Å²) in [5.74, 6) is 0. The molecule has 8 heteroatoms. The molecule has 0 amide bonds. The molecule has 0 saturated carbocycles. The smallest absolute Gasteiger partial charge is 0.195 e. The highest BCUT2D eigenvalue weighted by atomic mass is 36.0. The van der Waals surface area contributed by atoms with Gasteiger partial charge in [0.25, 0.3) is 0 Å². The molecule has 0 atom stereocenters. The Kier molecular flexibility index (Phi) is 4.06. The minimum atomic E-state index is -3.72. The van der Waals surface area contributed by atoms with Crippen LogP contribution >= 0.6 is 32.9 Å². The van der Waals surface area contributed by atoms with E-state index in [9.17, 15) is 0 Å². The molecular formula is C6H4Cl2N2O2S2. The number of nitrogens with zero attached hydrogens (tertiary/aromatic N) is 2. The first kappa shape index (κ1) is 11.6. The van der Waals surface area contributed by atoms with Crippen LogP contribution in [-0.2, 0) is 8.26 Å². The van der Waals surface area contributed by atoms with Gasteiger partial charge in [0.15, 0.2) is 0 Å². The van der Waals surface area contributed by atoms with Crippen LogP contribution in [0, 0.1) is 0 Å². The third kappa shape index (κ3) is 4.71. The van der Waals surface area contributed by atoms with Gasteiger partial charge in [-0.05, 0) is 23.7 Å². The van der Waals surface area contributed by atoms with Crippen molar-refractivity contribution >= 4 is 51.4 Å². The first-order valence-electron chi connectivity index (χ1n) is 3.28. The number of benzene rings is 1. The van der Waals surface area contributed by atoms with Crippen LogP contribution in [0.1, 0.15) is 0 Å². The third-order valence-corrected chi connectivity index (χ3v) is 1.86. The molecule has 0 unspecified atom stereocenters. The third-order valence-electron chi connectivity index (χ3n) is 1.15. The zero-order valence-electron chi connectivity index (χ0n) is 6.59. The van der Waals surface area contributed by atoms with Crippen LogP contribution in [0.4, 0.5) is 0 Å². The van der Waals surface area contributed by atoms with Gasteiger partial charge in [-0.15, -0.1) is 5.10 Å². The molecule has 0 aliphatic heterocycles. The minimum absolute atomic E-state index is 0.988. The molecule has 0 saturated heterocycles. The van der Waals surface area contributed by atoms with Gasteiger partial charge >= 0.3 is 8.26 Å². The lowest BCUT2D eigenvalue weighted by molar-refractivity contribution is 0.621. The lowest BCUT2D eigenvalue weighted by Crippen LogP contribution is -1.63. The second-order valence-corrected chi connectivity index (χ2v) is 6.57. The van der Waals surface area contributed by atoms with Crippen molar-refractivity contribution in [2.45, 2.75) is 0 Å². The molecular weight excluding hydrogens is 267 g/mol. The fourth-order valence-corrected chi connectivity index (χ4v) is 1.28. The molecule has 2 rings (SSSR count). The first-order chi connectivity index (χ1) is 6.47. The Labute approximate surface area is 93.5 Å². The van der Waals surface area contributed by atoms with E-state index in [1.54, 1.807) is 0 Å². The number of hydrogen-bond donors (Lipinski definition) is 0. The molecule has 2 aromatic rings. The quantitative estimate of drug-likeness (QED) is 0.690. The van der Waals surface area contributed by atoms with Crippen LogP contribution in [0.25, 0.3) is 10.2 Å². The predicted octanol–water partition coefficient (Wildman–Crippen LogP) is 2.40. The van der Waals surface area contributed by atoms with Crippen molar-refractivity contribution in [1.29, 1.82) is 0 Å². The largest absolute Gasteiger partial charge is 0.317 e. The number of rotatable bonds is 0. The molecule has 1 aromatic carbocycles. The van der Waals surface area contributed by atoms with Gasteiger partial charge in [-0.25, -0.2) is 0 Å². The second kappa shape index (κ2) is 4.88. The second-order valence-electron chi connectivity index (χ2n) is 2.12. The summed E-state index contributed by atoms with van der Waals surface area (Å²) in [4.78, 5) is 0. The van der Waals surface area contributed by atoms with Gasteiger partial charge in [0.2, 0.25) is 0 Å². The van der Waals surface area contributed by atoms with E-state index in [1.165, 1.54) is 11.5 Å². The molecule has 0 bridgehead atoms. The van der Waals surface area contributed by atoms with E-state index < -0.39 is 8.26 Å². The summed E-state index contributed by atoms with van der Waals surface area (Å²) in [5, 5.41) is 3.89. The van der Waals surface area contributed by atoms with Gasteiger partial charge < -0.3 is 0 Å². The van der Waals surface area contributed by atoms with Crippen molar-refractivity contribution in [3.05, 3.63) is 24.3 Å². The van der Waals surface area contributed by atoms with E-state index in [4.69, 9.17) is 8.42 Å². The Bertz CT molecular complexity index is 473. The van der Waals surface area contributed by atoms with E-state index in [1.807, 2.05) is 24.3 Å². The van der Waals surface area contributed by atoms with E-state index in [0.29, 0.717) is 0 Å². The topological polar surface area (TPSA) is 59.9 Å². The van der Waals surface area contributed by atoms with E-state index in [0.717, 1.165) is 10.2 Å². The molecule has 14 heavy (non-hydrogen) atoms. The summed E-state index contributed by atoms with van der Waals surface area (Å²) in [6.45, 7) is 0. The Morgan fingerprint density at radius 2 is 1.79 bits per heavy atom. The molecule has 1 aromatic heterocycles. The van der Waals surface area contributed by atoms with Crippen molar-refractivity contribution in [3.63, 3.8) is 0 Å². The van der Waals surface area contributed by atoms with Crippen LogP contribution in [0.15, 0.2) is 24.3 Å². The van der Waals surface area contributed by atoms with Crippen molar-refractivity contribution in [2.24, 2.45) is 0 Å². The van der Waals surface area contributed by atoms with E-state index >= 15 is 0 Å². The summed E-state index contributed by atoms with van der Waals surface area (Å²) >= 11 is 1.43. The fraction of sp³-hybridized carbons (Fsp3) is 0. The molecule has 0 radical (unpaired) electrons. The number of hydrogen-bond acceptors (Lipinski definition) is 5. The number of fused-ring (bicyclic) bond motifs is 1. The van der Waals surface area contributed by atoms with Crippen LogP contribution in [-0.4, -0.2) is 18.0 Å². The highest BCUT2D eigenvalue weighted by Gasteiger charge is 1.91. The van der Waals surface area contributed by atoms with Crippen molar-refractivity contribution in [2.75, 3.05) is 0 Å². The molecule has 1 heterocycles. The standard InChI is InChI=1S/C6H4N2S.Cl2O2S/c1-2-4-6-5(3-1)7-8-9-6;1-5(2,3)4/h1-4H;. The van der Waals surface area contributed by atoms with Crippen LogP contribution in [0.3, 0.4) is 0 Å². The number of halogens is 2. The van der Waals surface area contributed by atoms with Gasteiger partial charge in [-0.3, -0.25) is 0 Å². The SMILES string of the molecule is O=S(=O)(Cl)Cl.c1ccc2snnc2c1. The van der Waals surface area contributed by atoms with Crippen molar-refractivity contribution < 1.29 is 8.42 Å². The Hall–Kier alpha value is -0.430. The molecule has 0 spiro atoms. The average molecular weight is 271 g/mol. The molecule has 76 valence electrons. The van der Waals surface area contributed by atoms with Gasteiger partial charge in [-0.2, -0.15) is 8.42 Å². The zero-order chi connectivity index (χ0) is 10.6. The monoisotopic (exact) mass is 270 g/mol. The van der Waals surface area contributed by atoms with Crippen LogP contribution in [0.5, 0.6) is 0 Å². The first-order valence-corrected chi connectivity index (χ1v) is 7.19. The normalized spacial score (nSPS) is 10.7. The van der Waals surface area contributed by atoms with Crippen LogP contribution in [0.2, 0.25) is 0 Å². The lowest BCUT2D eigenvalue weighted by atomic mass is 10.3. The Balaban J connectivity index is 0.000000171. The van der Waals surface area contributed by atoms with Gasteiger partial charge in [-0.1, -0.05) is 16.6 Å². The summed E-state index contributed by atoms with van der Waals surface area (Å²) in [6.07, 6.45) is 0. The zero-order valence-corrected chi connectivity index (χ0v) is 9.74. The highest BCUT2D eigenvalue weighted by molar-refractivity contribution is 8.31. The maximum absolute atomic E-state index is 9.16. The summed E-state index contributed by atoms with van der Waals surface area (Å²) in [7, 11) is 4.81. The fourth-order valence-electron chi connectivity index (χ4n) is 0.725. The average Bonchev–Trinajstić information content (AvgIpc) is 2.47. The van der Waals surface area contributed by atoms with E-state index in [-0.39, 0.29) is 0 Å². The molecule has 4 nitrogen and oxygen atoms in total. The van der Waals surface area contributed by atoms with Crippen LogP contribution < -0.4 is 0 Å². The Morgan fingerprint density at radius 3 is 2.36 bits per heavy atom. The highest BCUT2D eigenvalue weighted by Crippen LogP contribution is 2.12. The maximum atomic E-state index is 9.16. The van der Waals surface area contributed by atoms with Gasteiger partial charge in [0.1, 0.15) is 5.52 Å². The molecule has 0 fully saturated rings. The van der Waals surface area contributed by atoms with E-state index in [2.05, 4.69) is 31.0 Å². The summed E-state index contributed by atoms with van der Waals surface area (Å²) in [6, 6.07) is 7.92. The summed E-state index contributed by atoms with van der Waals surface area (Å²) < 4.78 is 23.3. The van der Waals surface area contributed by atoms with Crippen molar-refractivity contribution in [3.8, 4) is 0 Å². The predicted molar refractivity (Wildman–Crippen MR) is 58.0 cm³/mol. The Morgan fingerprint density at radius 1 is 1.21 bits per heavy atom. The number of aromatic nitrogens is 2. The summed E-state index contributed by atoms with van der Waals surface area (Å²) in [5.41, 5.74) is 0.988. The molecule has 0 N–H and O–H groups in total. The molecule has 0 aliphatic carbocycles. The maximum Gasteiger partial charge on any atom is 0.317 e. The lowest BCUT2D eigenvalue weighted by Gasteiger charge is -1.78. The minimum Gasteiger partial charge on any atom is -0.195 e.